The molecule has 0 spiro atoms. The zero-order valence-electron chi connectivity index (χ0n) is 9.96. The van der Waals surface area contributed by atoms with Crippen LogP contribution in [0.15, 0.2) is 22.7 Å². The van der Waals surface area contributed by atoms with E-state index in [0.717, 1.165) is 19.6 Å². The van der Waals surface area contributed by atoms with E-state index in [1.807, 2.05) is 7.05 Å². The van der Waals surface area contributed by atoms with E-state index < -0.39 is 0 Å². The lowest BCUT2D eigenvalue weighted by Gasteiger charge is -2.17. The number of anilines is 1. The third kappa shape index (κ3) is 2.11. The molecule has 88 valence electrons. The summed E-state index contributed by atoms with van der Waals surface area (Å²) in [5, 5.41) is 3.24. The van der Waals surface area contributed by atoms with Crippen LogP contribution in [-0.4, -0.2) is 26.7 Å². The van der Waals surface area contributed by atoms with Crippen LogP contribution in [0.1, 0.15) is 24.8 Å². The molecule has 1 N–H and O–H groups in total. The Morgan fingerprint density at radius 3 is 3.00 bits per heavy atom. The van der Waals surface area contributed by atoms with Crippen LogP contribution in [0.25, 0.3) is 0 Å². The van der Waals surface area contributed by atoms with Gasteiger partial charge < -0.3 is 10.2 Å². The molecule has 3 heteroatoms. The van der Waals surface area contributed by atoms with Crippen molar-refractivity contribution >= 4 is 21.6 Å². The summed E-state index contributed by atoms with van der Waals surface area (Å²) in [6.45, 7) is 5.57. The van der Waals surface area contributed by atoms with Gasteiger partial charge in [0.1, 0.15) is 0 Å². The normalized spacial score (nSPS) is 18.9. The average Bonchev–Trinajstić information content (AvgIpc) is 2.66. The Labute approximate surface area is 106 Å². The van der Waals surface area contributed by atoms with Gasteiger partial charge in [0.25, 0.3) is 0 Å². The maximum absolute atomic E-state index is 3.69. The fourth-order valence-corrected chi connectivity index (χ4v) is 3.19. The van der Waals surface area contributed by atoms with E-state index in [-0.39, 0.29) is 0 Å². The van der Waals surface area contributed by atoms with Gasteiger partial charge in [0.15, 0.2) is 0 Å². The highest BCUT2D eigenvalue weighted by Crippen LogP contribution is 2.41. The third-order valence-electron chi connectivity index (χ3n) is 3.34. The van der Waals surface area contributed by atoms with E-state index in [0.29, 0.717) is 5.92 Å². The number of rotatable bonds is 4. The molecule has 0 aromatic heterocycles. The number of benzene rings is 1. The molecule has 2 rings (SSSR count). The van der Waals surface area contributed by atoms with Gasteiger partial charge in [0, 0.05) is 29.2 Å². The summed E-state index contributed by atoms with van der Waals surface area (Å²) in [5.74, 6) is 0.665. The summed E-state index contributed by atoms with van der Waals surface area (Å²) in [6.07, 6.45) is 1.21. The van der Waals surface area contributed by atoms with Crippen LogP contribution in [-0.2, 0) is 0 Å². The lowest BCUT2D eigenvalue weighted by molar-refractivity contribution is 0.610. The van der Waals surface area contributed by atoms with Crippen molar-refractivity contribution in [2.24, 2.45) is 0 Å². The number of nitrogens with zero attached hydrogens (tertiary/aromatic N) is 1. The average molecular weight is 283 g/mol. The highest BCUT2D eigenvalue weighted by molar-refractivity contribution is 9.10. The molecule has 1 aromatic rings. The number of nitrogens with one attached hydrogen (secondary N) is 1. The minimum Gasteiger partial charge on any atom is -0.371 e. The van der Waals surface area contributed by atoms with Gasteiger partial charge in [-0.2, -0.15) is 0 Å². The topological polar surface area (TPSA) is 15.3 Å². The molecule has 0 saturated heterocycles. The molecule has 16 heavy (non-hydrogen) atoms. The van der Waals surface area contributed by atoms with Gasteiger partial charge in [0.2, 0.25) is 0 Å². The van der Waals surface area contributed by atoms with Gasteiger partial charge >= 0.3 is 0 Å². The first-order chi connectivity index (χ1) is 7.77. The Kier molecular flexibility index (Phi) is 3.87. The molecular formula is C13H19BrN2. The number of halogens is 1. The smallest absolute Gasteiger partial charge is 0.0413 e. The summed E-state index contributed by atoms with van der Waals surface area (Å²) in [4.78, 5) is 2.47. The SMILES string of the molecule is CCN1CC(CCNC)c2c(Br)cccc21. The second-order valence-electron chi connectivity index (χ2n) is 4.30. The Morgan fingerprint density at radius 2 is 2.31 bits per heavy atom. The van der Waals surface area contributed by atoms with Crippen molar-refractivity contribution in [2.75, 3.05) is 31.6 Å². The lowest BCUT2D eigenvalue weighted by atomic mass is 9.98. The van der Waals surface area contributed by atoms with Gasteiger partial charge in [-0.05, 0) is 44.6 Å². The number of hydrogen-bond donors (Lipinski definition) is 1. The van der Waals surface area contributed by atoms with Crippen molar-refractivity contribution in [1.82, 2.24) is 5.32 Å². The predicted octanol–water partition coefficient (Wildman–Crippen LogP) is 2.98. The first-order valence-corrected chi connectivity index (χ1v) is 6.75. The molecule has 1 aliphatic heterocycles. The van der Waals surface area contributed by atoms with E-state index in [9.17, 15) is 0 Å². The van der Waals surface area contributed by atoms with Crippen molar-refractivity contribution in [1.29, 1.82) is 0 Å². The molecule has 0 fully saturated rings. The minimum absolute atomic E-state index is 0.665. The molecule has 0 radical (unpaired) electrons. The van der Waals surface area contributed by atoms with Crippen LogP contribution in [0.2, 0.25) is 0 Å². The molecule has 1 unspecified atom stereocenters. The van der Waals surface area contributed by atoms with Crippen LogP contribution in [0.4, 0.5) is 5.69 Å². The molecule has 0 bridgehead atoms. The Hall–Kier alpha value is -0.540. The van der Waals surface area contributed by atoms with Crippen LogP contribution in [0.5, 0.6) is 0 Å². The highest BCUT2D eigenvalue weighted by Gasteiger charge is 2.28. The van der Waals surface area contributed by atoms with Gasteiger partial charge in [-0.15, -0.1) is 0 Å². The Morgan fingerprint density at radius 1 is 1.50 bits per heavy atom. The highest BCUT2D eigenvalue weighted by atomic mass is 79.9. The van der Waals surface area contributed by atoms with Gasteiger partial charge in [-0.25, -0.2) is 0 Å². The van der Waals surface area contributed by atoms with E-state index in [2.05, 4.69) is 51.3 Å². The summed E-state index contributed by atoms with van der Waals surface area (Å²) in [5.41, 5.74) is 2.91. The Bertz CT molecular complexity index is 365. The monoisotopic (exact) mass is 282 g/mol. The molecule has 0 amide bonds. The molecule has 1 aromatic carbocycles. The second-order valence-corrected chi connectivity index (χ2v) is 5.15. The molecule has 1 heterocycles. The summed E-state index contributed by atoms with van der Waals surface area (Å²) < 4.78 is 1.27. The first kappa shape index (κ1) is 11.9. The lowest BCUT2D eigenvalue weighted by Crippen LogP contribution is -2.22. The van der Waals surface area contributed by atoms with Crippen LogP contribution in [0.3, 0.4) is 0 Å². The summed E-state index contributed by atoms with van der Waals surface area (Å²) >= 11 is 3.69. The van der Waals surface area contributed by atoms with E-state index in [1.54, 1.807) is 0 Å². The molecule has 1 atom stereocenters. The second kappa shape index (κ2) is 5.19. The van der Waals surface area contributed by atoms with Crippen molar-refractivity contribution in [3.05, 3.63) is 28.2 Å². The quantitative estimate of drug-likeness (QED) is 0.914. The third-order valence-corrected chi connectivity index (χ3v) is 4.04. The molecule has 1 aliphatic rings. The minimum atomic E-state index is 0.665. The first-order valence-electron chi connectivity index (χ1n) is 5.95. The van der Waals surface area contributed by atoms with Crippen molar-refractivity contribution in [3.8, 4) is 0 Å². The van der Waals surface area contributed by atoms with E-state index >= 15 is 0 Å². The maximum Gasteiger partial charge on any atom is 0.0413 e. The van der Waals surface area contributed by atoms with Crippen molar-refractivity contribution < 1.29 is 0 Å². The molecule has 2 nitrogen and oxygen atoms in total. The predicted molar refractivity (Wildman–Crippen MR) is 73.3 cm³/mol. The fourth-order valence-electron chi connectivity index (χ4n) is 2.51. The van der Waals surface area contributed by atoms with Crippen LogP contribution >= 0.6 is 15.9 Å². The van der Waals surface area contributed by atoms with Gasteiger partial charge in [-0.3, -0.25) is 0 Å². The Balaban J connectivity index is 2.28. The summed E-state index contributed by atoms with van der Waals surface area (Å²) in [6, 6.07) is 6.53. The number of fused-ring (bicyclic) bond motifs is 1. The molecule has 0 saturated carbocycles. The fraction of sp³-hybridized carbons (Fsp3) is 0.538. The zero-order chi connectivity index (χ0) is 11.5. The van der Waals surface area contributed by atoms with Crippen molar-refractivity contribution in [3.63, 3.8) is 0 Å². The van der Waals surface area contributed by atoms with Gasteiger partial charge in [-0.1, -0.05) is 22.0 Å². The van der Waals surface area contributed by atoms with E-state index in [1.165, 1.54) is 22.1 Å². The molecule has 0 aliphatic carbocycles. The zero-order valence-corrected chi connectivity index (χ0v) is 11.5. The number of hydrogen-bond acceptors (Lipinski definition) is 2. The number of likely N-dealkylation sites (N-methyl/N-ethyl adjacent to an activating group) is 1. The van der Waals surface area contributed by atoms with Crippen LogP contribution in [0, 0.1) is 0 Å². The standard InChI is InChI=1S/C13H19BrN2/c1-3-16-9-10(7-8-15-2)13-11(14)5-4-6-12(13)16/h4-6,10,15H,3,7-9H2,1-2H3. The maximum atomic E-state index is 3.69. The van der Waals surface area contributed by atoms with E-state index in [4.69, 9.17) is 0 Å². The summed E-state index contributed by atoms with van der Waals surface area (Å²) in [7, 11) is 2.02. The molecular weight excluding hydrogens is 264 g/mol. The van der Waals surface area contributed by atoms with Crippen molar-refractivity contribution in [2.45, 2.75) is 19.3 Å². The van der Waals surface area contributed by atoms with Gasteiger partial charge in [0.05, 0.1) is 0 Å². The largest absolute Gasteiger partial charge is 0.371 e. The van der Waals surface area contributed by atoms with Crippen LogP contribution < -0.4 is 10.2 Å².